The van der Waals surface area contributed by atoms with Crippen molar-refractivity contribution in [3.8, 4) is 5.75 Å². The van der Waals surface area contributed by atoms with E-state index in [4.69, 9.17) is 4.74 Å². The van der Waals surface area contributed by atoms with Gasteiger partial charge >= 0.3 is 6.03 Å². The third kappa shape index (κ3) is 3.75. The monoisotopic (exact) mass is 347 g/mol. The third-order valence-electron chi connectivity index (χ3n) is 4.61. The van der Waals surface area contributed by atoms with Gasteiger partial charge in [-0.1, -0.05) is 19.1 Å². The molecule has 0 saturated carbocycles. The van der Waals surface area contributed by atoms with E-state index in [2.05, 4.69) is 10.6 Å². The van der Waals surface area contributed by atoms with E-state index in [9.17, 15) is 14.4 Å². The lowest BCUT2D eigenvalue weighted by Gasteiger charge is -2.26. The van der Waals surface area contributed by atoms with Gasteiger partial charge in [-0.3, -0.25) is 14.5 Å². The number of methoxy groups -OCH3 is 1. The fraction of sp³-hybridized carbons (Fsp3) is 0.500. The number of carbonyl (C=O) groups excluding carboxylic acids is 3. The number of ether oxygens (including phenoxy) is 1. The van der Waals surface area contributed by atoms with Gasteiger partial charge in [0, 0.05) is 5.54 Å². The minimum Gasteiger partial charge on any atom is -0.497 e. The van der Waals surface area contributed by atoms with Crippen molar-refractivity contribution in [1.29, 1.82) is 0 Å². The Morgan fingerprint density at radius 3 is 2.40 bits per heavy atom. The molecule has 4 amide bonds. The molecule has 0 aliphatic carbocycles. The lowest BCUT2D eigenvalue weighted by Crippen LogP contribution is -2.49. The molecule has 1 aromatic carbocycles. The molecule has 2 N–H and O–H groups in total. The van der Waals surface area contributed by atoms with Crippen LogP contribution in [-0.4, -0.2) is 41.9 Å². The van der Waals surface area contributed by atoms with Crippen LogP contribution in [0.3, 0.4) is 0 Å². The number of nitrogens with zero attached hydrogens (tertiary/aromatic N) is 1. The van der Waals surface area contributed by atoms with E-state index < -0.39 is 23.0 Å². The van der Waals surface area contributed by atoms with Crippen LogP contribution in [0.25, 0.3) is 0 Å². The zero-order chi connectivity index (χ0) is 18.8. The number of hydrogen-bond donors (Lipinski definition) is 2. The first-order valence-corrected chi connectivity index (χ1v) is 8.22. The molecule has 136 valence electrons. The van der Waals surface area contributed by atoms with Gasteiger partial charge in [0.2, 0.25) is 5.91 Å². The van der Waals surface area contributed by atoms with Crippen molar-refractivity contribution in [2.24, 2.45) is 0 Å². The summed E-state index contributed by atoms with van der Waals surface area (Å²) in [6.07, 6.45) is 0.739. The number of carbonyl (C=O) groups is 3. The summed E-state index contributed by atoms with van der Waals surface area (Å²) in [7, 11) is 1.55. The van der Waals surface area contributed by atoms with Crippen LogP contribution in [0.5, 0.6) is 5.75 Å². The van der Waals surface area contributed by atoms with Gasteiger partial charge in [-0.15, -0.1) is 0 Å². The number of urea groups is 1. The number of nitrogens with one attached hydrogen (secondary N) is 2. The molecule has 0 bridgehead atoms. The molecule has 1 aliphatic heterocycles. The minimum absolute atomic E-state index is 0.306. The second-order valence-corrected chi connectivity index (χ2v) is 6.96. The molecule has 1 aliphatic rings. The predicted molar refractivity (Wildman–Crippen MR) is 93.1 cm³/mol. The van der Waals surface area contributed by atoms with Gasteiger partial charge in [0.15, 0.2) is 0 Å². The summed E-state index contributed by atoms with van der Waals surface area (Å²) in [6.45, 7) is 7.05. The van der Waals surface area contributed by atoms with Crippen molar-refractivity contribution in [1.82, 2.24) is 15.5 Å². The van der Waals surface area contributed by atoms with Crippen molar-refractivity contribution in [3.05, 3.63) is 29.8 Å². The Bertz CT molecular complexity index is 684. The standard InChI is InChI=1S/C18H25N3O4/c1-6-17(2,3)19-14(22)11-21-15(23)18(4,20-16(21)24)12-7-9-13(25-5)10-8-12/h7-10H,6,11H2,1-5H3,(H,19,22)(H,20,24)/t18-/m0/s1. The Balaban J connectivity index is 2.16. The van der Waals surface area contributed by atoms with Crippen LogP contribution in [0.4, 0.5) is 4.79 Å². The van der Waals surface area contributed by atoms with Gasteiger partial charge in [-0.25, -0.2) is 4.79 Å². The normalized spacial score (nSPS) is 20.4. The van der Waals surface area contributed by atoms with E-state index in [1.807, 2.05) is 20.8 Å². The Kier molecular flexibility index (Phi) is 5.06. The first kappa shape index (κ1) is 18.8. The molecule has 1 aromatic rings. The van der Waals surface area contributed by atoms with Crippen molar-refractivity contribution in [2.45, 2.75) is 45.2 Å². The van der Waals surface area contributed by atoms with E-state index in [0.29, 0.717) is 11.3 Å². The van der Waals surface area contributed by atoms with E-state index in [1.165, 1.54) is 0 Å². The Morgan fingerprint density at radius 1 is 1.28 bits per heavy atom. The van der Waals surface area contributed by atoms with Gasteiger partial charge in [-0.05, 0) is 44.9 Å². The molecule has 1 atom stereocenters. The molecule has 25 heavy (non-hydrogen) atoms. The summed E-state index contributed by atoms with van der Waals surface area (Å²) < 4.78 is 5.11. The minimum atomic E-state index is -1.20. The lowest BCUT2D eigenvalue weighted by molar-refractivity contribution is -0.135. The molecule has 7 nitrogen and oxygen atoms in total. The molecular formula is C18H25N3O4. The molecule has 1 saturated heterocycles. The largest absolute Gasteiger partial charge is 0.497 e. The summed E-state index contributed by atoms with van der Waals surface area (Å²) in [5, 5.41) is 5.51. The van der Waals surface area contributed by atoms with E-state index in [1.54, 1.807) is 38.3 Å². The van der Waals surface area contributed by atoms with Crippen molar-refractivity contribution in [2.75, 3.05) is 13.7 Å². The first-order chi connectivity index (χ1) is 11.6. The van der Waals surface area contributed by atoms with Crippen LogP contribution < -0.4 is 15.4 Å². The third-order valence-corrected chi connectivity index (χ3v) is 4.61. The topological polar surface area (TPSA) is 87.7 Å². The zero-order valence-electron chi connectivity index (χ0n) is 15.3. The maximum absolute atomic E-state index is 12.8. The van der Waals surface area contributed by atoms with Crippen LogP contribution in [0.2, 0.25) is 0 Å². The predicted octanol–water partition coefficient (Wildman–Crippen LogP) is 1.77. The van der Waals surface area contributed by atoms with Gasteiger partial charge in [0.25, 0.3) is 5.91 Å². The van der Waals surface area contributed by atoms with Crippen molar-refractivity contribution >= 4 is 17.8 Å². The number of amides is 4. The van der Waals surface area contributed by atoms with E-state index in [0.717, 1.165) is 11.3 Å². The van der Waals surface area contributed by atoms with Crippen LogP contribution in [0.15, 0.2) is 24.3 Å². The van der Waals surface area contributed by atoms with Gasteiger partial charge in [0.1, 0.15) is 17.8 Å². The van der Waals surface area contributed by atoms with Crippen LogP contribution >= 0.6 is 0 Å². The van der Waals surface area contributed by atoms with Crippen LogP contribution in [0, 0.1) is 0 Å². The SMILES string of the molecule is CCC(C)(C)NC(=O)CN1C(=O)N[C@@](C)(c2ccc(OC)cc2)C1=O. The summed E-state index contributed by atoms with van der Waals surface area (Å²) in [4.78, 5) is 38.2. The number of rotatable bonds is 6. The Hall–Kier alpha value is -2.57. The molecule has 0 radical (unpaired) electrons. The zero-order valence-corrected chi connectivity index (χ0v) is 15.3. The molecule has 7 heteroatoms. The molecule has 0 aromatic heterocycles. The van der Waals surface area contributed by atoms with Crippen molar-refractivity contribution < 1.29 is 19.1 Å². The number of imide groups is 1. The average molecular weight is 347 g/mol. The van der Waals surface area contributed by atoms with E-state index >= 15 is 0 Å². The van der Waals surface area contributed by atoms with Gasteiger partial charge < -0.3 is 15.4 Å². The number of benzene rings is 1. The Labute approximate surface area is 147 Å². The quantitative estimate of drug-likeness (QED) is 0.768. The van der Waals surface area contributed by atoms with Crippen LogP contribution in [0.1, 0.15) is 39.7 Å². The molecule has 1 fully saturated rings. The lowest BCUT2D eigenvalue weighted by atomic mass is 9.92. The molecule has 2 rings (SSSR count). The second kappa shape index (κ2) is 6.74. The first-order valence-electron chi connectivity index (χ1n) is 8.22. The fourth-order valence-corrected chi connectivity index (χ4v) is 2.61. The maximum Gasteiger partial charge on any atom is 0.325 e. The Morgan fingerprint density at radius 2 is 1.88 bits per heavy atom. The summed E-state index contributed by atoms with van der Waals surface area (Å²) >= 11 is 0. The summed E-state index contributed by atoms with van der Waals surface area (Å²) in [6, 6.07) is 6.31. The average Bonchev–Trinajstić information content (AvgIpc) is 2.78. The van der Waals surface area contributed by atoms with Crippen molar-refractivity contribution in [3.63, 3.8) is 0 Å². The van der Waals surface area contributed by atoms with Gasteiger partial charge in [-0.2, -0.15) is 0 Å². The maximum atomic E-state index is 12.8. The smallest absolute Gasteiger partial charge is 0.325 e. The molecular weight excluding hydrogens is 322 g/mol. The highest BCUT2D eigenvalue weighted by molar-refractivity contribution is 6.09. The molecule has 0 unspecified atom stereocenters. The highest BCUT2D eigenvalue weighted by Gasteiger charge is 2.49. The molecule has 1 heterocycles. The summed E-state index contributed by atoms with van der Waals surface area (Å²) in [5.74, 6) is -0.163. The second-order valence-electron chi connectivity index (χ2n) is 6.96. The van der Waals surface area contributed by atoms with Gasteiger partial charge in [0.05, 0.1) is 7.11 Å². The highest BCUT2D eigenvalue weighted by atomic mass is 16.5. The number of hydrogen-bond acceptors (Lipinski definition) is 4. The summed E-state index contributed by atoms with van der Waals surface area (Å²) in [5.41, 5.74) is -0.970. The fourth-order valence-electron chi connectivity index (χ4n) is 2.61. The van der Waals surface area contributed by atoms with Crippen LogP contribution in [-0.2, 0) is 15.1 Å². The highest BCUT2D eigenvalue weighted by Crippen LogP contribution is 2.29. The van der Waals surface area contributed by atoms with E-state index in [-0.39, 0.29) is 12.5 Å². The molecule has 0 spiro atoms.